The van der Waals surface area contributed by atoms with Gasteiger partial charge in [0.15, 0.2) is 5.82 Å². The number of anilines is 3. The molecule has 154 valence electrons. The molecule has 1 aliphatic carbocycles. The van der Waals surface area contributed by atoms with Crippen molar-refractivity contribution in [2.45, 2.75) is 76.9 Å². The molecule has 2 unspecified atom stereocenters. The SMILES string of the molecule is CCC1C(=O)N(C)c2cnc(NC(C)C3CCNCC3)nc2N1C1CCCC1. The number of piperidine rings is 1. The van der Waals surface area contributed by atoms with E-state index in [1.807, 2.05) is 13.2 Å². The highest BCUT2D eigenvalue weighted by atomic mass is 16.2. The fraction of sp³-hybridized carbons (Fsp3) is 0.762. The van der Waals surface area contributed by atoms with Gasteiger partial charge in [-0.05, 0) is 58.0 Å². The van der Waals surface area contributed by atoms with Crippen molar-refractivity contribution in [2.75, 3.05) is 35.3 Å². The molecule has 0 spiro atoms. The van der Waals surface area contributed by atoms with Crippen molar-refractivity contribution in [1.82, 2.24) is 15.3 Å². The third-order valence-electron chi connectivity index (χ3n) is 6.86. The van der Waals surface area contributed by atoms with Gasteiger partial charge in [-0.1, -0.05) is 19.8 Å². The van der Waals surface area contributed by atoms with Gasteiger partial charge in [0.2, 0.25) is 11.9 Å². The first kappa shape index (κ1) is 19.4. The first-order chi connectivity index (χ1) is 13.6. The molecular formula is C21H34N6O. The van der Waals surface area contributed by atoms with Crippen molar-refractivity contribution in [3.63, 3.8) is 0 Å². The van der Waals surface area contributed by atoms with E-state index >= 15 is 0 Å². The van der Waals surface area contributed by atoms with Crippen molar-refractivity contribution >= 4 is 23.4 Å². The van der Waals surface area contributed by atoms with Crippen LogP contribution in [0.25, 0.3) is 0 Å². The van der Waals surface area contributed by atoms with E-state index in [1.165, 1.54) is 25.7 Å². The fourth-order valence-corrected chi connectivity index (χ4v) is 5.12. The standard InChI is InChI=1S/C21H34N6O/c1-4-17-20(28)26(3)18-13-23-21(24-14(2)15-9-11-22-12-10-15)25-19(18)27(17)16-7-5-6-8-16/h13-17,22H,4-12H2,1-3H3,(H,23,24,25). The smallest absolute Gasteiger partial charge is 0.249 e. The Labute approximate surface area is 168 Å². The molecule has 2 atom stereocenters. The molecule has 0 radical (unpaired) electrons. The maximum Gasteiger partial charge on any atom is 0.249 e. The summed E-state index contributed by atoms with van der Waals surface area (Å²) in [5, 5.41) is 6.98. The van der Waals surface area contributed by atoms with Crippen molar-refractivity contribution < 1.29 is 4.79 Å². The Morgan fingerprint density at radius 2 is 1.96 bits per heavy atom. The molecule has 0 bridgehead atoms. The van der Waals surface area contributed by atoms with Gasteiger partial charge in [0.05, 0.1) is 6.20 Å². The molecule has 1 saturated carbocycles. The van der Waals surface area contributed by atoms with Gasteiger partial charge < -0.3 is 20.4 Å². The quantitative estimate of drug-likeness (QED) is 0.811. The molecule has 4 rings (SSSR count). The predicted molar refractivity (Wildman–Crippen MR) is 113 cm³/mol. The van der Waals surface area contributed by atoms with E-state index in [0.29, 0.717) is 23.9 Å². The number of hydrogen-bond acceptors (Lipinski definition) is 6. The number of rotatable bonds is 5. The number of nitrogens with one attached hydrogen (secondary N) is 2. The van der Waals surface area contributed by atoms with Gasteiger partial charge in [-0.15, -0.1) is 0 Å². The van der Waals surface area contributed by atoms with Crippen LogP contribution >= 0.6 is 0 Å². The van der Waals surface area contributed by atoms with Crippen LogP contribution in [0.15, 0.2) is 6.20 Å². The second-order valence-electron chi connectivity index (χ2n) is 8.59. The van der Waals surface area contributed by atoms with Crippen molar-refractivity contribution in [2.24, 2.45) is 5.92 Å². The average Bonchev–Trinajstić information content (AvgIpc) is 3.25. The number of nitrogens with zero attached hydrogens (tertiary/aromatic N) is 4. The number of carbonyl (C=O) groups is 1. The molecular weight excluding hydrogens is 352 g/mol. The zero-order valence-electron chi connectivity index (χ0n) is 17.4. The minimum Gasteiger partial charge on any atom is -0.351 e. The molecule has 1 aromatic heterocycles. The Kier molecular flexibility index (Phi) is 5.71. The van der Waals surface area contributed by atoms with Crippen LogP contribution in [0.5, 0.6) is 0 Å². The Balaban J connectivity index is 1.62. The molecule has 2 aliphatic heterocycles. The molecule has 1 aromatic rings. The molecule has 3 aliphatic rings. The summed E-state index contributed by atoms with van der Waals surface area (Å²) in [6.07, 6.45) is 9.75. The molecule has 7 heteroatoms. The van der Waals surface area contributed by atoms with Crippen LogP contribution in [0, 0.1) is 5.92 Å². The highest BCUT2D eigenvalue weighted by Crippen LogP contribution is 2.39. The van der Waals surface area contributed by atoms with Crippen molar-refractivity contribution in [1.29, 1.82) is 0 Å². The zero-order valence-corrected chi connectivity index (χ0v) is 17.4. The first-order valence-corrected chi connectivity index (χ1v) is 11.0. The summed E-state index contributed by atoms with van der Waals surface area (Å²) in [6, 6.07) is 0.626. The highest BCUT2D eigenvalue weighted by molar-refractivity contribution is 6.04. The van der Waals surface area contributed by atoms with E-state index < -0.39 is 0 Å². The lowest BCUT2D eigenvalue weighted by atomic mass is 9.91. The second-order valence-corrected chi connectivity index (χ2v) is 8.59. The summed E-state index contributed by atoms with van der Waals surface area (Å²) in [7, 11) is 1.85. The van der Waals surface area contributed by atoms with Crippen LogP contribution in [0.3, 0.4) is 0 Å². The molecule has 2 fully saturated rings. The third-order valence-corrected chi connectivity index (χ3v) is 6.86. The number of likely N-dealkylation sites (N-methyl/N-ethyl adjacent to an activating group) is 1. The molecule has 0 aromatic carbocycles. The number of fused-ring (bicyclic) bond motifs is 1. The summed E-state index contributed by atoms with van der Waals surface area (Å²) in [6.45, 7) is 6.51. The second kappa shape index (κ2) is 8.23. The van der Waals surface area contributed by atoms with E-state index in [9.17, 15) is 4.79 Å². The summed E-state index contributed by atoms with van der Waals surface area (Å²) in [5.41, 5.74) is 0.835. The Morgan fingerprint density at radius 1 is 1.25 bits per heavy atom. The molecule has 3 heterocycles. The lowest BCUT2D eigenvalue weighted by molar-refractivity contribution is -0.120. The van der Waals surface area contributed by atoms with Gasteiger partial charge in [0, 0.05) is 19.1 Å². The Morgan fingerprint density at radius 3 is 2.64 bits per heavy atom. The van der Waals surface area contributed by atoms with Gasteiger partial charge in [-0.2, -0.15) is 4.98 Å². The largest absolute Gasteiger partial charge is 0.351 e. The maximum absolute atomic E-state index is 13.0. The summed E-state index contributed by atoms with van der Waals surface area (Å²) in [5.74, 6) is 2.41. The summed E-state index contributed by atoms with van der Waals surface area (Å²) in [4.78, 5) is 26.5. The molecule has 1 saturated heterocycles. The highest BCUT2D eigenvalue weighted by Gasteiger charge is 2.41. The third kappa shape index (κ3) is 3.56. The van der Waals surface area contributed by atoms with Gasteiger partial charge in [-0.3, -0.25) is 4.79 Å². The molecule has 28 heavy (non-hydrogen) atoms. The Hall–Kier alpha value is -1.89. The van der Waals surface area contributed by atoms with Gasteiger partial charge >= 0.3 is 0 Å². The van der Waals surface area contributed by atoms with Crippen LogP contribution in [0.2, 0.25) is 0 Å². The van der Waals surface area contributed by atoms with Gasteiger partial charge in [-0.25, -0.2) is 4.98 Å². The van der Waals surface area contributed by atoms with E-state index in [4.69, 9.17) is 4.98 Å². The Bertz CT molecular complexity index is 698. The van der Waals surface area contributed by atoms with Crippen LogP contribution in [0.1, 0.15) is 58.8 Å². The van der Waals surface area contributed by atoms with Crippen molar-refractivity contribution in [3.8, 4) is 0 Å². The van der Waals surface area contributed by atoms with E-state index in [2.05, 4.69) is 34.4 Å². The molecule has 1 amide bonds. The van der Waals surface area contributed by atoms with Crippen molar-refractivity contribution in [3.05, 3.63) is 6.20 Å². The summed E-state index contributed by atoms with van der Waals surface area (Å²) >= 11 is 0. The van der Waals surface area contributed by atoms with Crippen LogP contribution < -0.4 is 20.4 Å². The zero-order chi connectivity index (χ0) is 19.7. The topological polar surface area (TPSA) is 73.4 Å². The van der Waals surface area contributed by atoms with Gasteiger partial charge in [0.25, 0.3) is 0 Å². The predicted octanol–water partition coefficient (Wildman–Crippen LogP) is 2.78. The normalized spacial score (nSPS) is 25.1. The van der Waals surface area contributed by atoms with Crippen LogP contribution in [0.4, 0.5) is 17.5 Å². The summed E-state index contributed by atoms with van der Waals surface area (Å²) < 4.78 is 0. The molecule has 2 N–H and O–H groups in total. The van der Waals surface area contributed by atoms with E-state index in [1.54, 1.807) is 4.90 Å². The van der Waals surface area contributed by atoms with Gasteiger partial charge in [0.1, 0.15) is 11.7 Å². The monoisotopic (exact) mass is 386 g/mol. The van der Waals surface area contributed by atoms with Crippen LogP contribution in [-0.2, 0) is 4.79 Å². The molecule has 7 nitrogen and oxygen atoms in total. The lowest BCUT2D eigenvalue weighted by Crippen LogP contribution is -2.55. The number of hydrogen-bond donors (Lipinski definition) is 2. The first-order valence-electron chi connectivity index (χ1n) is 11.0. The maximum atomic E-state index is 13.0. The minimum absolute atomic E-state index is 0.120. The van der Waals surface area contributed by atoms with E-state index in [0.717, 1.165) is 43.9 Å². The average molecular weight is 387 g/mol. The number of carbonyl (C=O) groups excluding carboxylic acids is 1. The van der Waals surface area contributed by atoms with E-state index in [-0.39, 0.29) is 11.9 Å². The minimum atomic E-state index is -0.120. The van der Waals surface area contributed by atoms with Crippen LogP contribution in [-0.4, -0.2) is 54.1 Å². The number of amides is 1. The lowest BCUT2D eigenvalue weighted by Gasteiger charge is -2.43. The number of aromatic nitrogens is 2. The fourth-order valence-electron chi connectivity index (χ4n) is 5.12.